The zero-order valence-electron chi connectivity index (χ0n) is 19.5. The maximum absolute atomic E-state index is 12.1. The van der Waals surface area contributed by atoms with E-state index < -0.39 is 0 Å². The fourth-order valence-corrected chi connectivity index (χ4v) is 4.82. The second-order valence-electron chi connectivity index (χ2n) is 8.99. The lowest BCUT2D eigenvalue weighted by Gasteiger charge is -2.29. The standard InChI is InChI=1S/C29H24N2O4/c1-18-3-4-22(17-19(18)2)29(20-5-9-23(10-6-20)30-25(32)13-14-26(30)33)21-7-11-24(12-8-21)31-27(34)15-16-28(31)35/h3-7,9-17,21,29H,8H2,1-2H3. The van der Waals surface area contributed by atoms with Crippen molar-refractivity contribution in [2.45, 2.75) is 26.2 Å². The predicted molar refractivity (Wildman–Crippen MR) is 132 cm³/mol. The zero-order chi connectivity index (χ0) is 24.7. The molecule has 174 valence electrons. The number of aryl methyl sites for hydroxylation is 2. The van der Waals surface area contributed by atoms with Crippen molar-refractivity contribution in [2.24, 2.45) is 5.92 Å². The van der Waals surface area contributed by atoms with Crippen LogP contribution in [0.25, 0.3) is 0 Å². The molecule has 2 atom stereocenters. The molecule has 2 aliphatic heterocycles. The van der Waals surface area contributed by atoms with Gasteiger partial charge in [-0.25, -0.2) is 9.80 Å². The molecule has 2 aromatic rings. The predicted octanol–water partition coefficient (Wildman–Crippen LogP) is 4.25. The van der Waals surface area contributed by atoms with Gasteiger partial charge in [0.15, 0.2) is 0 Å². The van der Waals surface area contributed by atoms with E-state index in [0.717, 1.165) is 16.0 Å². The molecule has 4 amide bonds. The van der Waals surface area contributed by atoms with Crippen molar-refractivity contribution in [3.05, 3.63) is 113 Å². The van der Waals surface area contributed by atoms with Crippen molar-refractivity contribution >= 4 is 29.3 Å². The second-order valence-corrected chi connectivity index (χ2v) is 8.99. The summed E-state index contributed by atoms with van der Waals surface area (Å²) in [5.41, 5.74) is 5.73. The first-order valence-corrected chi connectivity index (χ1v) is 11.5. The minimum absolute atomic E-state index is 0.00334. The van der Waals surface area contributed by atoms with Crippen LogP contribution in [0.2, 0.25) is 0 Å². The van der Waals surface area contributed by atoms with Crippen molar-refractivity contribution < 1.29 is 19.2 Å². The van der Waals surface area contributed by atoms with Gasteiger partial charge >= 0.3 is 0 Å². The minimum atomic E-state index is -0.346. The third-order valence-corrected chi connectivity index (χ3v) is 6.82. The normalized spacial score (nSPS) is 20.3. The lowest BCUT2D eigenvalue weighted by Crippen LogP contribution is -2.30. The van der Waals surface area contributed by atoms with Gasteiger partial charge in [-0.05, 0) is 66.6 Å². The van der Waals surface area contributed by atoms with Crippen LogP contribution < -0.4 is 4.90 Å². The first-order valence-electron chi connectivity index (χ1n) is 11.5. The van der Waals surface area contributed by atoms with Gasteiger partial charge in [-0.1, -0.05) is 42.5 Å². The summed E-state index contributed by atoms with van der Waals surface area (Å²) in [7, 11) is 0. The molecule has 0 aromatic heterocycles. The summed E-state index contributed by atoms with van der Waals surface area (Å²) in [6, 6.07) is 13.9. The zero-order valence-corrected chi connectivity index (χ0v) is 19.5. The lowest BCUT2D eigenvalue weighted by molar-refractivity contribution is -0.134. The summed E-state index contributed by atoms with van der Waals surface area (Å²) in [5.74, 6) is -1.26. The van der Waals surface area contributed by atoms with Crippen LogP contribution in [0.3, 0.4) is 0 Å². The molecular weight excluding hydrogens is 440 g/mol. The van der Waals surface area contributed by atoms with E-state index in [1.165, 1.54) is 40.3 Å². The highest BCUT2D eigenvalue weighted by Gasteiger charge is 2.30. The Balaban J connectivity index is 1.47. The largest absolute Gasteiger partial charge is 0.269 e. The fourth-order valence-electron chi connectivity index (χ4n) is 4.82. The lowest BCUT2D eigenvalue weighted by atomic mass is 9.77. The van der Waals surface area contributed by atoms with Crippen LogP contribution >= 0.6 is 0 Å². The third-order valence-electron chi connectivity index (χ3n) is 6.82. The fraction of sp³-hybridized carbons (Fsp3) is 0.172. The topological polar surface area (TPSA) is 74.8 Å². The van der Waals surface area contributed by atoms with Gasteiger partial charge < -0.3 is 0 Å². The smallest absolute Gasteiger partial charge is 0.258 e. The molecule has 0 N–H and O–H groups in total. The maximum atomic E-state index is 12.1. The summed E-state index contributed by atoms with van der Waals surface area (Å²) in [6.07, 6.45) is 11.6. The number of benzene rings is 2. The molecule has 0 fully saturated rings. The number of carbonyl (C=O) groups excluding carboxylic acids is 4. The first kappa shape index (κ1) is 22.5. The molecule has 0 saturated heterocycles. The number of nitrogens with zero attached hydrogens (tertiary/aromatic N) is 2. The van der Waals surface area contributed by atoms with E-state index in [2.05, 4.69) is 38.1 Å². The van der Waals surface area contributed by atoms with E-state index in [1.807, 2.05) is 24.3 Å². The number of imide groups is 2. The summed E-state index contributed by atoms with van der Waals surface area (Å²) in [5, 5.41) is 0. The highest BCUT2D eigenvalue weighted by molar-refractivity contribution is 6.28. The van der Waals surface area contributed by atoms with Crippen LogP contribution in [0.15, 0.2) is 90.7 Å². The number of hydrogen-bond donors (Lipinski definition) is 0. The molecule has 0 bridgehead atoms. The molecule has 2 aromatic carbocycles. The number of allylic oxidation sites excluding steroid dienone is 3. The van der Waals surface area contributed by atoms with Crippen LogP contribution in [0.1, 0.15) is 34.6 Å². The second kappa shape index (κ2) is 8.80. The Hall–Kier alpha value is -4.32. The Morgan fingerprint density at radius 3 is 1.80 bits per heavy atom. The third kappa shape index (κ3) is 4.08. The molecule has 3 aliphatic rings. The van der Waals surface area contributed by atoms with E-state index in [-0.39, 0.29) is 35.5 Å². The summed E-state index contributed by atoms with van der Waals surface area (Å²) in [6.45, 7) is 4.16. The Morgan fingerprint density at radius 1 is 0.686 bits per heavy atom. The molecule has 6 heteroatoms. The van der Waals surface area contributed by atoms with E-state index in [0.29, 0.717) is 17.8 Å². The molecule has 35 heavy (non-hydrogen) atoms. The van der Waals surface area contributed by atoms with E-state index in [9.17, 15) is 19.2 Å². The number of anilines is 1. The van der Waals surface area contributed by atoms with Crippen LogP contribution in [-0.4, -0.2) is 28.5 Å². The molecule has 5 rings (SSSR count). The Kier molecular flexibility index (Phi) is 5.65. The van der Waals surface area contributed by atoms with Crippen molar-refractivity contribution in [3.63, 3.8) is 0 Å². The SMILES string of the molecule is Cc1ccc(C(c2ccc(N3C(=O)C=CC3=O)cc2)C2C=CC(N3C(=O)C=CC3=O)=CC2)cc1C. The van der Waals surface area contributed by atoms with Crippen molar-refractivity contribution in [1.29, 1.82) is 0 Å². The molecule has 2 heterocycles. The molecule has 0 spiro atoms. The molecule has 2 unspecified atom stereocenters. The van der Waals surface area contributed by atoms with Gasteiger partial charge in [0.1, 0.15) is 0 Å². The Morgan fingerprint density at radius 2 is 1.26 bits per heavy atom. The van der Waals surface area contributed by atoms with Crippen LogP contribution in [0.4, 0.5) is 5.69 Å². The van der Waals surface area contributed by atoms with Crippen LogP contribution in [-0.2, 0) is 19.2 Å². The van der Waals surface area contributed by atoms with Crippen molar-refractivity contribution in [3.8, 4) is 0 Å². The van der Waals surface area contributed by atoms with Crippen LogP contribution in [0.5, 0.6) is 0 Å². The molecule has 0 radical (unpaired) electrons. The average molecular weight is 465 g/mol. The Bertz CT molecular complexity index is 1340. The highest BCUT2D eigenvalue weighted by atomic mass is 16.2. The van der Waals surface area contributed by atoms with E-state index >= 15 is 0 Å². The van der Waals surface area contributed by atoms with Gasteiger partial charge in [0.05, 0.1) is 5.69 Å². The Labute approximate surface area is 203 Å². The van der Waals surface area contributed by atoms with Crippen LogP contribution in [0, 0.1) is 19.8 Å². The average Bonchev–Trinajstić information content (AvgIpc) is 3.37. The number of hydrogen-bond acceptors (Lipinski definition) is 4. The quantitative estimate of drug-likeness (QED) is 0.620. The van der Waals surface area contributed by atoms with Gasteiger partial charge in [0.2, 0.25) is 0 Å². The van der Waals surface area contributed by atoms with Crippen molar-refractivity contribution in [1.82, 2.24) is 4.90 Å². The van der Waals surface area contributed by atoms with E-state index in [4.69, 9.17) is 0 Å². The van der Waals surface area contributed by atoms with Crippen molar-refractivity contribution in [2.75, 3.05) is 4.90 Å². The summed E-state index contributed by atoms with van der Waals surface area (Å²) in [4.78, 5) is 50.7. The molecule has 1 aliphatic carbocycles. The van der Waals surface area contributed by atoms with Gasteiger partial charge in [-0.3, -0.25) is 19.2 Å². The number of amides is 4. The number of rotatable bonds is 5. The summed E-state index contributed by atoms with van der Waals surface area (Å²) >= 11 is 0. The molecule has 6 nitrogen and oxygen atoms in total. The van der Waals surface area contributed by atoms with Gasteiger partial charge in [-0.2, -0.15) is 0 Å². The minimum Gasteiger partial charge on any atom is -0.269 e. The summed E-state index contributed by atoms with van der Waals surface area (Å²) < 4.78 is 0. The molecule has 0 saturated carbocycles. The highest BCUT2D eigenvalue weighted by Crippen LogP contribution is 2.39. The van der Waals surface area contributed by atoms with E-state index in [1.54, 1.807) is 12.1 Å². The van der Waals surface area contributed by atoms with Gasteiger partial charge in [-0.15, -0.1) is 0 Å². The van der Waals surface area contributed by atoms with Gasteiger partial charge in [0, 0.05) is 35.9 Å². The monoisotopic (exact) mass is 464 g/mol. The number of carbonyl (C=O) groups is 4. The first-order chi connectivity index (χ1) is 16.8. The maximum Gasteiger partial charge on any atom is 0.258 e. The molecular formula is C29H24N2O4. The van der Waals surface area contributed by atoms with Gasteiger partial charge in [0.25, 0.3) is 23.6 Å².